The van der Waals surface area contributed by atoms with Crippen molar-refractivity contribution in [1.82, 2.24) is 4.90 Å². The summed E-state index contributed by atoms with van der Waals surface area (Å²) in [4.78, 5) is 24.6. The third kappa shape index (κ3) is 2.34. The first kappa shape index (κ1) is 12.9. The SMILES string of the molecule is CN(CC(N)=O)C(=O)C1(c2cccc(Cl)c2)CC1. The van der Waals surface area contributed by atoms with Crippen LogP contribution >= 0.6 is 11.6 Å². The van der Waals surface area contributed by atoms with Crippen molar-refractivity contribution in [3.8, 4) is 0 Å². The van der Waals surface area contributed by atoms with E-state index in [9.17, 15) is 9.59 Å². The van der Waals surface area contributed by atoms with E-state index in [-0.39, 0.29) is 12.5 Å². The van der Waals surface area contributed by atoms with Gasteiger partial charge in [0.05, 0.1) is 12.0 Å². The van der Waals surface area contributed by atoms with Crippen LogP contribution in [-0.4, -0.2) is 30.3 Å². The van der Waals surface area contributed by atoms with Crippen molar-refractivity contribution in [2.75, 3.05) is 13.6 Å². The molecule has 4 nitrogen and oxygen atoms in total. The average molecular weight is 267 g/mol. The number of hydrogen-bond acceptors (Lipinski definition) is 2. The highest BCUT2D eigenvalue weighted by Gasteiger charge is 2.52. The Balaban J connectivity index is 2.22. The molecule has 5 heteroatoms. The van der Waals surface area contributed by atoms with Crippen molar-refractivity contribution in [2.45, 2.75) is 18.3 Å². The van der Waals surface area contributed by atoms with Gasteiger partial charge in [0.2, 0.25) is 11.8 Å². The van der Waals surface area contributed by atoms with E-state index in [0.29, 0.717) is 5.02 Å². The zero-order valence-corrected chi connectivity index (χ0v) is 10.9. The Morgan fingerprint density at radius 3 is 2.61 bits per heavy atom. The number of hydrogen-bond donors (Lipinski definition) is 1. The molecule has 0 unspecified atom stereocenters. The van der Waals surface area contributed by atoms with Gasteiger partial charge in [0, 0.05) is 12.1 Å². The molecule has 0 aliphatic heterocycles. The van der Waals surface area contributed by atoms with Crippen LogP contribution in [0, 0.1) is 0 Å². The van der Waals surface area contributed by atoms with Crippen LogP contribution in [0.25, 0.3) is 0 Å². The van der Waals surface area contributed by atoms with Crippen LogP contribution in [-0.2, 0) is 15.0 Å². The van der Waals surface area contributed by atoms with Crippen LogP contribution in [0.4, 0.5) is 0 Å². The predicted molar refractivity (Wildman–Crippen MR) is 69.2 cm³/mol. The molecule has 0 radical (unpaired) electrons. The van der Waals surface area contributed by atoms with Crippen LogP contribution in [0.3, 0.4) is 0 Å². The second-order valence-corrected chi connectivity index (χ2v) is 5.16. The number of primary amides is 1. The fourth-order valence-corrected chi connectivity index (χ4v) is 2.40. The van der Waals surface area contributed by atoms with Crippen molar-refractivity contribution in [3.05, 3.63) is 34.9 Å². The Hall–Kier alpha value is -1.55. The van der Waals surface area contributed by atoms with E-state index < -0.39 is 11.3 Å². The van der Waals surface area contributed by atoms with E-state index in [1.54, 1.807) is 13.1 Å². The van der Waals surface area contributed by atoms with Crippen molar-refractivity contribution >= 4 is 23.4 Å². The van der Waals surface area contributed by atoms with Gasteiger partial charge in [0.25, 0.3) is 0 Å². The lowest BCUT2D eigenvalue weighted by Crippen LogP contribution is -2.41. The molecular formula is C13H15ClN2O2. The van der Waals surface area contributed by atoms with Crippen molar-refractivity contribution in [2.24, 2.45) is 5.73 Å². The quantitative estimate of drug-likeness (QED) is 0.893. The van der Waals surface area contributed by atoms with Crippen molar-refractivity contribution < 1.29 is 9.59 Å². The summed E-state index contributed by atoms with van der Waals surface area (Å²) >= 11 is 5.95. The number of nitrogens with zero attached hydrogens (tertiary/aromatic N) is 1. The fourth-order valence-electron chi connectivity index (χ4n) is 2.21. The van der Waals surface area contributed by atoms with Crippen LogP contribution in [0.15, 0.2) is 24.3 Å². The first-order valence-electron chi connectivity index (χ1n) is 5.75. The van der Waals surface area contributed by atoms with E-state index in [1.807, 2.05) is 18.2 Å². The molecule has 18 heavy (non-hydrogen) atoms. The van der Waals surface area contributed by atoms with Gasteiger partial charge in [0.1, 0.15) is 0 Å². The topological polar surface area (TPSA) is 63.4 Å². The van der Waals surface area contributed by atoms with Crippen LogP contribution < -0.4 is 5.73 Å². The third-order valence-corrected chi connectivity index (χ3v) is 3.51. The van der Waals surface area contributed by atoms with Crippen molar-refractivity contribution in [3.63, 3.8) is 0 Å². The zero-order chi connectivity index (χ0) is 13.3. The van der Waals surface area contributed by atoms with Gasteiger partial charge in [-0.3, -0.25) is 9.59 Å². The van der Waals surface area contributed by atoms with E-state index >= 15 is 0 Å². The second kappa shape index (κ2) is 4.61. The molecule has 0 atom stereocenters. The van der Waals surface area contributed by atoms with Gasteiger partial charge in [0.15, 0.2) is 0 Å². The molecule has 96 valence electrons. The fraction of sp³-hybridized carbons (Fsp3) is 0.385. The molecule has 0 aromatic heterocycles. The Bertz CT molecular complexity index is 498. The maximum Gasteiger partial charge on any atom is 0.237 e. The monoisotopic (exact) mass is 266 g/mol. The van der Waals surface area contributed by atoms with Gasteiger partial charge in [-0.25, -0.2) is 0 Å². The van der Waals surface area contributed by atoms with Gasteiger partial charge >= 0.3 is 0 Å². The molecule has 2 rings (SSSR count). The minimum Gasteiger partial charge on any atom is -0.368 e. The Morgan fingerprint density at radius 1 is 1.44 bits per heavy atom. The number of rotatable bonds is 4. The summed E-state index contributed by atoms with van der Waals surface area (Å²) in [7, 11) is 1.59. The van der Waals surface area contributed by atoms with Crippen LogP contribution in [0.2, 0.25) is 5.02 Å². The van der Waals surface area contributed by atoms with Gasteiger partial charge in [-0.2, -0.15) is 0 Å². The number of amides is 2. The normalized spacial score (nSPS) is 16.1. The maximum absolute atomic E-state index is 12.3. The lowest BCUT2D eigenvalue weighted by Gasteiger charge is -2.22. The minimum atomic E-state index is -0.507. The molecule has 0 spiro atoms. The maximum atomic E-state index is 12.3. The lowest BCUT2D eigenvalue weighted by atomic mass is 9.94. The highest BCUT2D eigenvalue weighted by molar-refractivity contribution is 6.30. The van der Waals surface area contributed by atoms with E-state index in [4.69, 9.17) is 17.3 Å². The third-order valence-electron chi connectivity index (χ3n) is 3.28. The summed E-state index contributed by atoms with van der Waals surface area (Å²) in [5, 5.41) is 0.615. The summed E-state index contributed by atoms with van der Waals surface area (Å²) in [6, 6.07) is 7.32. The summed E-state index contributed by atoms with van der Waals surface area (Å²) in [6.45, 7) is -0.0544. The highest BCUT2D eigenvalue weighted by atomic mass is 35.5. The number of benzene rings is 1. The molecule has 1 aromatic carbocycles. The second-order valence-electron chi connectivity index (χ2n) is 4.72. The summed E-state index contributed by atoms with van der Waals surface area (Å²) in [6.07, 6.45) is 1.57. The smallest absolute Gasteiger partial charge is 0.237 e. The number of nitrogens with two attached hydrogens (primary N) is 1. The van der Waals surface area contributed by atoms with Gasteiger partial charge < -0.3 is 10.6 Å². The van der Waals surface area contributed by atoms with Crippen LogP contribution in [0.1, 0.15) is 18.4 Å². The number of likely N-dealkylation sites (N-methyl/N-ethyl adjacent to an activating group) is 1. The molecule has 2 amide bonds. The molecule has 0 bridgehead atoms. The average Bonchev–Trinajstić information content (AvgIpc) is 3.08. The molecule has 1 aromatic rings. The van der Waals surface area contributed by atoms with Crippen molar-refractivity contribution in [1.29, 1.82) is 0 Å². The Kier molecular flexibility index (Phi) is 3.30. The highest BCUT2D eigenvalue weighted by Crippen LogP contribution is 2.49. The van der Waals surface area contributed by atoms with Gasteiger partial charge in [-0.05, 0) is 30.5 Å². The van der Waals surface area contributed by atoms with E-state index in [2.05, 4.69) is 0 Å². The van der Waals surface area contributed by atoms with Gasteiger partial charge in [-0.1, -0.05) is 23.7 Å². The van der Waals surface area contributed by atoms with Gasteiger partial charge in [-0.15, -0.1) is 0 Å². The first-order chi connectivity index (χ1) is 8.45. The Labute approximate surface area is 111 Å². The molecule has 0 heterocycles. The first-order valence-corrected chi connectivity index (χ1v) is 6.13. The molecule has 1 aliphatic rings. The number of halogens is 1. The molecule has 2 N–H and O–H groups in total. The predicted octanol–water partition coefficient (Wildman–Crippen LogP) is 1.32. The molecule has 1 aliphatic carbocycles. The summed E-state index contributed by atoms with van der Waals surface area (Å²) in [5.74, 6) is -0.573. The molecular weight excluding hydrogens is 252 g/mol. The lowest BCUT2D eigenvalue weighted by molar-refractivity contribution is -0.136. The Morgan fingerprint density at radius 2 is 2.11 bits per heavy atom. The number of carbonyl (C=O) groups is 2. The van der Waals surface area contributed by atoms with Crippen LogP contribution in [0.5, 0.6) is 0 Å². The molecule has 1 saturated carbocycles. The standard InChI is InChI=1S/C13H15ClN2O2/c1-16(8-11(15)17)12(18)13(5-6-13)9-3-2-4-10(14)7-9/h2-4,7H,5-6,8H2,1H3,(H2,15,17). The van der Waals surface area contributed by atoms with E-state index in [0.717, 1.165) is 18.4 Å². The number of carbonyl (C=O) groups excluding carboxylic acids is 2. The van der Waals surface area contributed by atoms with E-state index in [1.165, 1.54) is 4.90 Å². The summed E-state index contributed by atoms with van der Waals surface area (Å²) in [5.41, 5.74) is 5.51. The minimum absolute atomic E-state index is 0.0544. The zero-order valence-electron chi connectivity index (χ0n) is 10.1. The molecule has 0 saturated heterocycles. The largest absolute Gasteiger partial charge is 0.368 e. The molecule has 1 fully saturated rings. The summed E-state index contributed by atoms with van der Waals surface area (Å²) < 4.78 is 0.